The van der Waals surface area contributed by atoms with Gasteiger partial charge in [-0.1, -0.05) is 36.4 Å². The molecular formula is C22H22N2O5. The number of hydrogen-bond acceptors (Lipinski definition) is 4. The van der Waals surface area contributed by atoms with Crippen LogP contribution in [0.15, 0.2) is 61.2 Å². The summed E-state index contributed by atoms with van der Waals surface area (Å²) in [7, 11) is 0. The number of ether oxygens (including phenoxy) is 1. The van der Waals surface area contributed by atoms with E-state index in [4.69, 9.17) is 4.74 Å². The molecule has 2 aromatic rings. The van der Waals surface area contributed by atoms with Gasteiger partial charge in [0.25, 0.3) is 0 Å². The molecule has 1 aliphatic heterocycles. The number of hydrogen-bond donors (Lipinski definition) is 1. The topological polar surface area (TPSA) is 87.2 Å². The Hall–Kier alpha value is -3.61. The third-order valence-electron chi connectivity index (χ3n) is 4.58. The SMILES string of the molecule is C=CCN(C(=O)OCc1ccccc1)c1cc(C(=O)O)cc(N2CCCC2=O)c1. The Labute approximate surface area is 168 Å². The third kappa shape index (κ3) is 4.82. The standard InChI is InChI=1S/C22H22N2O5/c1-2-10-24(22(28)29-15-16-7-4-3-5-8-16)19-13-17(21(26)27)12-18(14-19)23-11-6-9-20(23)25/h2-5,7-8,12-14H,1,6,9-11,15H2,(H,26,27). The lowest BCUT2D eigenvalue weighted by atomic mass is 10.1. The Morgan fingerprint density at radius 1 is 1.21 bits per heavy atom. The molecule has 0 radical (unpaired) electrons. The van der Waals surface area contributed by atoms with Crippen LogP contribution in [0.3, 0.4) is 0 Å². The fraction of sp³-hybridized carbons (Fsp3) is 0.227. The summed E-state index contributed by atoms with van der Waals surface area (Å²) >= 11 is 0. The van der Waals surface area contributed by atoms with Gasteiger partial charge in [0.05, 0.1) is 11.3 Å². The van der Waals surface area contributed by atoms with Crippen molar-refractivity contribution in [2.24, 2.45) is 0 Å². The highest BCUT2D eigenvalue weighted by Crippen LogP contribution is 2.29. The van der Waals surface area contributed by atoms with Gasteiger partial charge in [-0.25, -0.2) is 9.59 Å². The lowest BCUT2D eigenvalue weighted by Crippen LogP contribution is -2.32. The van der Waals surface area contributed by atoms with Crippen LogP contribution in [0.4, 0.5) is 16.2 Å². The normalized spacial score (nSPS) is 13.2. The maximum Gasteiger partial charge on any atom is 0.414 e. The van der Waals surface area contributed by atoms with Crippen molar-refractivity contribution < 1.29 is 24.2 Å². The number of aromatic carboxylic acids is 1. The molecule has 2 amide bonds. The molecule has 1 fully saturated rings. The Kier molecular flexibility index (Phi) is 6.29. The molecule has 0 bridgehead atoms. The van der Waals surface area contributed by atoms with Crippen LogP contribution >= 0.6 is 0 Å². The number of carboxylic acids is 1. The van der Waals surface area contributed by atoms with E-state index in [0.717, 1.165) is 5.56 Å². The third-order valence-corrected chi connectivity index (χ3v) is 4.58. The summed E-state index contributed by atoms with van der Waals surface area (Å²) < 4.78 is 5.40. The van der Waals surface area contributed by atoms with Gasteiger partial charge in [0, 0.05) is 25.2 Å². The van der Waals surface area contributed by atoms with Gasteiger partial charge >= 0.3 is 12.1 Å². The fourth-order valence-corrected chi connectivity index (χ4v) is 3.16. The van der Waals surface area contributed by atoms with E-state index < -0.39 is 12.1 Å². The van der Waals surface area contributed by atoms with E-state index >= 15 is 0 Å². The van der Waals surface area contributed by atoms with Crippen LogP contribution in [-0.2, 0) is 16.1 Å². The minimum Gasteiger partial charge on any atom is -0.478 e. The minimum absolute atomic E-state index is 0.0119. The second-order valence-corrected chi connectivity index (χ2v) is 6.63. The number of carbonyl (C=O) groups is 3. The van der Waals surface area contributed by atoms with E-state index in [1.54, 1.807) is 6.07 Å². The van der Waals surface area contributed by atoms with Crippen molar-refractivity contribution in [2.45, 2.75) is 19.4 Å². The first kappa shape index (κ1) is 20.1. The number of carboxylic acid groups (broad SMARTS) is 1. The van der Waals surface area contributed by atoms with Gasteiger partial charge in [-0.15, -0.1) is 6.58 Å². The zero-order chi connectivity index (χ0) is 20.8. The van der Waals surface area contributed by atoms with Crippen LogP contribution in [0.1, 0.15) is 28.8 Å². The molecular weight excluding hydrogens is 372 g/mol. The van der Waals surface area contributed by atoms with E-state index in [0.29, 0.717) is 30.8 Å². The summed E-state index contributed by atoms with van der Waals surface area (Å²) in [5, 5.41) is 9.49. The number of rotatable bonds is 7. The zero-order valence-corrected chi connectivity index (χ0v) is 15.9. The van der Waals surface area contributed by atoms with Crippen molar-refractivity contribution in [1.82, 2.24) is 0 Å². The quantitative estimate of drug-likeness (QED) is 0.721. The Balaban J connectivity index is 1.89. The summed E-state index contributed by atoms with van der Waals surface area (Å²) in [4.78, 5) is 39.3. The van der Waals surface area contributed by atoms with Gasteiger partial charge in [-0.3, -0.25) is 9.69 Å². The van der Waals surface area contributed by atoms with Gasteiger partial charge in [0.1, 0.15) is 6.61 Å². The second kappa shape index (κ2) is 9.05. The monoisotopic (exact) mass is 394 g/mol. The van der Waals surface area contributed by atoms with Crippen LogP contribution in [0.2, 0.25) is 0 Å². The first-order valence-electron chi connectivity index (χ1n) is 9.27. The van der Waals surface area contributed by atoms with Crippen molar-refractivity contribution in [3.8, 4) is 0 Å². The summed E-state index contributed by atoms with van der Waals surface area (Å²) in [6.07, 6.45) is 2.02. The van der Waals surface area contributed by atoms with Crippen LogP contribution in [-0.4, -0.2) is 36.2 Å². The van der Waals surface area contributed by atoms with Crippen molar-refractivity contribution in [3.63, 3.8) is 0 Å². The number of nitrogens with zero attached hydrogens (tertiary/aromatic N) is 2. The number of anilines is 2. The molecule has 7 nitrogen and oxygen atoms in total. The molecule has 1 N–H and O–H groups in total. The number of amides is 2. The average molecular weight is 394 g/mol. The predicted octanol–water partition coefficient (Wildman–Crippen LogP) is 3.84. The minimum atomic E-state index is -1.14. The molecule has 0 unspecified atom stereocenters. The van der Waals surface area contributed by atoms with Crippen LogP contribution < -0.4 is 9.80 Å². The van der Waals surface area contributed by atoms with Gasteiger partial charge in [-0.05, 0) is 30.2 Å². The van der Waals surface area contributed by atoms with Crippen LogP contribution in [0, 0.1) is 0 Å². The molecule has 0 aromatic heterocycles. The van der Waals surface area contributed by atoms with Crippen molar-refractivity contribution in [3.05, 3.63) is 72.3 Å². The van der Waals surface area contributed by atoms with Crippen molar-refractivity contribution in [2.75, 3.05) is 22.9 Å². The smallest absolute Gasteiger partial charge is 0.414 e. The first-order chi connectivity index (χ1) is 14.0. The van der Waals surface area contributed by atoms with E-state index in [9.17, 15) is 19.5 Å². The number of benzene rings is 2. The maximum atomic E-state index is 12.7. The van der Waals surface area contributed by atoms with E-state index in [1.165, 1.54) is 28.0 Å². The van der Waals surface area contributed by atoms with E-state index in [1.807, 2.05) is 30.3 Å². The van der Waals surface area contributed by atoms with E-state index in [-0.39, 0.29) is 24.6 Å². The first-order valence-corrected chi connectivity index (χ1v) is 9.27. The molecule has 0 atom stereocenters. The Morgan fingerprint density at radius 3 is 2.59 bits per heavy atom. The highest BCUT2D eigenvalue weighted by atomic mass is 16.6. The highest BCUT2D eigenvalue weighted by Gasteiger charge is 2.25. The Bertz CT molecular complexity index is 926. The summed E-state index contributed by atoms with van der Waals surface area (Å²) in [5.74, 6) is -1.21. The fourth-order valence-electron chi connectivity index (χ4n) is 3.16. The van der Waals surface area contributed by atoms with Crippen LogP contribution in [0.5, 0.6) is 0 Å². The number of carbonyl (C=O) groups excluding carboxylic acids is 2. The largest absolute Gasteiger partial charge is 0.478 e. The molecule has 1 heterocycles. The van der Waals surface area contributed by atoms with Crippen LogP contribution in [0.25, 0.3) is 0 Å². The molecule has 1 saturated heterocycles. The summed E-state index contributed by atoms with van der Waals surface area (Å²) in [6, 6.07) is 13.7. The maximum absolute atomic E-state index is 12.7. The van der Waals surface area contributed by atoms with Gasteiger partial charge < -0.3 is 14.7 Å². The zero-order valence-electron chi connectivity index (χ0n) is 15.9. The van der Waals surface area contributed by atoms with Crippen molar-refractivity contribution >= 4 is 29.3 Å². The molecule has 29 heavy (non-hydrogen) atoms. The molecule has 150 valence electrons. The van der Waals surface area contributed by atoms with Crippen molar-refractivity contribution in [1.29, 1.82) is 0 Å². The lowest BCUT2D eigenvalue weighted by molar-refractivity contribution is -0.117. The summed E-state index contributed by atoms with van der Waals surface area (Å²) in [5.41, 5.74) is 1.61. The predicted molar refractivity (Wildman–Crippen MR) is 109 cm³/mol. The van der Waals surface area contributed by atoms with Gasteiger partial charge in [0.2, 0.25) is 5.91 Å². The molecule has 0 spiro atoms. The second-order valence-electron chi connectivity index (χ2n) is 6.63. The van der Waals surface area contributed by atoms with Gasteiger partial charge in [-0.2, -0.15) is 0 Å². The molecule has 1 aliphatic rings. The average Bonchev–Trinajstić information content (AvgIpc) is 3.16. The molecule has 0 aliphatic carbocycles. The molecule has 7 heteroatoms. The molecule has 3 rings (SSSR count). The molecule has 2 aromatic carbocycles. The van der Waals surface area contributed by atoms with E-state index in [2.05, 4.69) is 6.58 Å². The van der Waals surface area contributed by atoms with Gasteiger partial charge in [0.15, 0.2) is 0 Å². The Morgan fingerprint density at radius 2 is 1.97 bits per heavy atom. The molecule has 0 saturated carbocycles. The lowest BCUT2D eigenvalue weighted by Gasteiger charge is -2.24. The summed E-state index contributed by atoms with van der Waals surface area (Å²) in [6.45, 7) is 4.40. The highest BCUT2D eigenvalue weighted by molar-refractivity contribution is 5.99.